The zero-order valence-corrected chi connectivity index (χ0v) is 17.8. The molecule has 0 atom stereocenters. The van der Waals surface area contributed by atoms with Crippen molar-refractivity contribution in [3.63, 3.8) is 0 Å². The van der Waals surface area contributed by atoms with E-state index in [1.807, 2.05) is 48.5 Å². The summed E-state index contributed by atoms with van der Waals surface area (Å²) in [5.74, 6) is 0.661. The largest absolute Gasteiger partial charge is 0.465 e. The normalized spacial score (nSPS) is 10.2. The lowest BCUT2D eigenvalue weighted by Gasteiger charge is -2.10. The lowest BCUT2D eigenvalue weighted by atomic mass is 10.1. The third-order valence-corrected chi connectivity index (χ3v) is 4.70. The van der Waals surface area contributed by atoms with Gasteiger partial charge in [0, 0.05) is 23.8 Å². The van der Waals surface area contributed by atoms with Crippen molar-refractivity contribution >= 4 is 35.0 Å². The van der Waals surface area contributed by atoms with Gasteiger partial charge in [-0.15, -0.1) is 0 Å². The van der Waals surface area contributed by atoms with Gasteiger partial charge in [-0.05, 0) is 71.8 Å². The minimum atomic E-state index is -0.452. The summed E-state index contributed by atoms with van der Waals surface area (Å²) in [6.45, 7) is 0. The highest BCUT2D eigenvalue weighted by Crippen LogP contribution is 2.24. The van der Waals surface area contributed by atoms with Crippen molar-refractivity contribution in [3.8, 4) is 11.1 Å². The lowest BCUT2D eigenvalue weighted by molar-refractivity contribution is 0.0600. The first-order valence-electron chi connectivity index (χ1n) is 10.1. The summed E-state index contributed by atoms with van der Waals surface area (Å²) in [7, 11) is 1.32. The Balaban J connectivity index is 1.43. The Bertz CT molecular complexity index is 1260. The highest BCUT2D eigenvalue weighted by atomic mass is 16.5. The second-order valence-electron chi connectivity index (χ2n) is 7.00. The van der Waals surface area contributed by atoms with E-state index >= 15 is 0 Å². The van der Waals surface area contributed by atoms with Crippen LogP contribution in [0, 0.1) is 0 Å². The van der Waals surface area contributed by atoms with Crippen molar-refractivity contribution in [3.05, 3.63) is 96.8 Å². The van der Waals surface area contributed by atoms with E-state index in [0.29, 0.717) is 22.9 Å². The van der Waals surface area contributed by atoms with E-state index in [9.17, 15) is 9.59 Å². The third-order valence-electron chi connectivity index (χ3n) is 4.70. The number of aromatic nitrogens is 2. The van der Waals surface area contributed by atoms with Crippen molar-refractivity contribution in [1.29, 1.82) is 0 Å². The number of benzene rings is 2. The number of esters is 1. The van der Waals surface area contributed by atoms with Crippen molar-refractivity contribution in [2.45, 2.75) is 0 Å². The summed E-state index contributed by atoms with van der Waals surface area (Å²) < 4.78 is 4.67. The molecule has 4 rings (SSSR count). The van der Waals surface area contributed by atoms with Crippen molar-refractivity contribution in [2.24, 2.45) is 0 Å². The van der Waals surface area contributed by atoms with Gasteiger partial charge in [0.15, 0.2) is 0 Å². The zero-order valence-electron chi connectivity index (χ0n) is 17.8. The molecule has 0 radical (unpaired) electrons. The van der Waals surface area contributed by atoms with Crippen LogP contribution in [0.3, 0.4) is 0 Å². The van der Waals surface area contributed by atoms with Crippen molar-refractivity contribution in [1.82, 2.24) is 9.97 Å². The smallest absolute Gasteiger partial charge is 0.337 e. The number of nitrogens with zero attached hydrogens (tertiary/aromatic N) is 2. The van der Waals surface area contributed by atoms with Gasteiger partial charge in [0.1, 0.15) is 11.6 Å². The molecule has 0 unspecified atom stereocenters. The Labute approximate surface area is 190 Å². The second-order valence-corrected chi connectivity index (χ2v) is 7.00. The van der Waals surface area contributed by atoms with E-state index in [4.69, 9.17) is 0 Å². The van der Waals surface area contributed by atoms with Crippen LogP contribution in [0.4, 0.5) is 27.8 Å². The highest BCUT2D eigenvalue weighted by Gasteiger charge is 2.08. The standard InChI is InChI=1S/C25H21N5O3/c1-33-24(31)17-7-9-21(10-8-17)29-25(32)30-23-16-19(12-14-27-23)18-11-13-26-22(15-18)28-20-5-3-2-4-6-20/h2-16H,1H3,(H,26,28)(H2,27,29,30,32). The number of carbonyl (C=O) groups excluding carboxylic acids is 2. The Morgan fingerprint density at radius 1 is 0.727 bits per heavy atom. The first-order valence-corrected chi connectivity index (χ1v) is 10.1. The van der Waals surface area contributed by atoms with Crippen LogP contribution in [0.15, 0.2) is 91.3 Å². The zero-order chi connectivity index (χ0) is 23.0. The number of amides is 2. The Kier molecular flexibility index (Phi) is 6.56. The number of rotatable bonds is 6. The second kappa shape index (κ2) is 10.1. The molecule has 2 aromatic heterocycles. The number of hydrogen-bond donors (Lipinski definition) is 3. The van der Waals surface area contributed by atoms with Crippen LogP contribution in [-0.4, -0.2) is 29.1 Å². The number of para-hydroxylation sites is 1. The van der Waals surface area contributed by atoms with Gasteiger partial charge in [0.2, 0.25) is 0 Å². The summed E-state index contributed by atoms with van der Waals surface area (Å²) in [6.07, 6.45) is 3.35. The maximum atomic E-state index is 12.4. The average Bonchev–Trinajstić information content (AvgIpc) is 2.85. The Hall–Kier alpha value is -4.72. The number of carbonyl (C=O) groups is 2. The van der Waals surface area contributed by atoms with Gasteiger partial charge in [-0.1, -0.05) is 18.2 Å². The molecule has 0 saturated carbocycles. The number of anilines is 4. The summed E-state index contributed by atoms with van der Waals surface area (Å²) in [6, 6.07) is 23.2. The first kappa shape index (κ1) is 21.5. The molecule has 0 aliphatic rings. The molecule has 164 valence electrons. The fourth-order valence-electron chi connectivity index (χ4n) is 3.11. The molecule has 0 spiro atoms. The molecule has 33 heavy (non-hydrogen) atoms. The molecule has 0 saturated heterocycles. The molecule has 2 heterocycles. The van der Waals surface area contributed by atoms with Crippen molar-refractivity contribution in [2.75, 3.05) is 23.1 Å². The molecule has 2 aromatic carbocycles. The predicted octanol–water partition coefficient (Wildman–Crippen LogP) is 5.32. The predicted molar refractivity (Wildman–Crippen MR) is 128 cm³/mol. The van der Waals surface area contributed by atoms with Gasteiger partial charge in [-0.3, -0.25) is 5.32 Å². The number of urea groups is 1. The van der Waals surface area contributed by atoms with Crippen LogP contribution in [-0.2, 0) is 4.74 Å². The minimum Gasteiger partial charge on any atom is -0.465 e. The number of ether oxygens (including phenoxy) is 1. The van der Waals surface area contributed by atoms with Gasteiger partial charge < -0.3 is 15.4 Å². The van der Waals surface area contributed by atoms with E-state index in [-0.39, 0.29) is 0 Å². The molecule has 3 N–H and O–H groups in total. The van der Waals surface area contributed by atoms with E-state index in [1.165, 1.54) is 7.11 Å². The van der Waals surface area contributed by atoms with Gasteiger partial charge in [0.05, 0.1) is 12.7 Å². The monoisotopic (exact) mass is 439 g/mol. The summed E-state index contributed by atoms with van der Waals surface area (Å²) in [4.78, 5) is 32.5. The Morgan fingerprint density at radius 3 is 2.03 bits per heavy atom. The molecule has 0 bridgehead atoms. The topological polar surface area (TPSA) is 105 Å². The summed E-state index contributed by atoms with van der Waals surface area (Å²) in [5.41, 5.74) is 3.67. The molecular weight excluding hydrogens is 418 g/mol. The van der Waals surface area contributed by atoms with Crippen LogP contribution in [0.1, 0.15) is 10.4 Å². The SMILES string of the molecule is COC(=O)c1ccc(NC(=O)Nc2cc(-c3ccnc(Nc4ccccc4)c3)ccn2)cc1. The number of pyridine rings is 2. The number of methoxy groups -OCH3 is 1. The van der Waals surface area contributed by atoms with Crippen LogP contribution in [0.25, 0.3) is 11.1 Å². The molecule has 0 fully saturated rings. The van der Waals surface area contributed by atoms with Gasteiger partial charge in [-0.2, -0.15) is 0 Å². The minimum absolute atomic E-state index is 0.394. The molecular formula is C25H21N5O3. The molecule has 8 heteroatoms. The first-order chi connectivity index (χ1) is 16.1. The van der Waals surface area contributed by atoms with Crippen LogP contribution >= 0.6 is 0 Å². The van der Waals surface area contributed by atoms with Gasteiger partial charge in [0.25, 0.3) is 0 Å². The van der Waals surface area contributed by atoms with Crippen LogP contribution in [0.2, 0.25) is 0 Å². The van der Waals surface area contributed by atoms with E-state index in [1.54, 1.807) is 42.7 Å². The average molecular weight is 439 g/mol. The molecule has 0 aliphatic heterocycles. The fraction of sp³-hybridized carbons (Fsp3) is 0.0400. The van der Waals surface area contributed by atoms with Gasteiger partial charge in [-0.25, -0.2) is 19.6 Å². The summed E-state index contributed by atoms with van der Waals surface area (Å²) in [5, 5.41) is 8.69. The fourth-order valence-corrected chi connectivity index (χ4v) is 3.11. The Morgan fingerprint density at radius 2 is 1.36 bits per heavy atom. The van der Waals surface area contributed by atoms with Crippen molar-refractivity contribution < 1.29 is 14.3 Å². The highest BCUT2D eigenvalue weighted by molar-refractivity contribution is 6.00. The maximum Gasteiger partial charge on any atom is 0.337 e. The quantitative estimate of drug-likeness (QED) is 0.351. The molecule has 8 nitrogen and oxygen atoms in total. The molecule has 2 amide bonds. The van der Waals surface area contributed by atoms with Crippen LogP contribution < -0.4 is 16.0 Å². The summed E-state index contributed by atoms with van der Waals surface area (Å²) >= 11 is 0. The van der Waals surface area contributed by atoms with Crippen LogP contribution in [0.5, 0.6) is 0 Å². The van der Waals surface area contributed by atoms with E-state index < -0.39 is 12.0 Å². The third kappa shape index (κ3) is 5.71. The number of hydrogen-bond acceptors (Lipinski definition) is 6. The molecule has 4 aromatic rings. The van der Waals surface area contributed by atoms with E-state index in [0.717, 1.165) is 16.8 Å². The maximum absolute atomic E-state index is 12.4. The van der Waals surface area contributed by atoms with Gasteiger partial charge >= 0.3 is 12.0 Å². The molecule has 0 aliphatic carbocycles. The lowest BCUT2D eigenvalue weighted by Crippen LogP contribution is -2.20. The number of nitrogens with one attached hydrogen (secondary N) is 3. The van der Waals surface area contributed by atoms with E-state index in [2.05, 4.69) is 30.7 Å².